The van der Waals surface area contributed by atoms with Crippen LogP contribution in [0.2, 0.25) is 0 Å². The third-order valence-electron chi connectivity index (χ3n) is 1.28. The summed E-state index contributed by atoms with van der Waals surface area (Å²) in [6, 6.07) is 0. The van der Waals surface area contributed by atoms with Crippen molar-refractivity contribution in [1.29, 1.82) is 0 Å². The molecule has 0 radical (unpaired) electrons. The Morgan fingerprint density at radius 1 is 1.00 bits per heavy atom. The maximum absolute atomic E-state index is 8.34. The van der Waals surface area contributed by atoms with Gasteiger partial charge in [-0.2, -0.15) is 0 Å². The van der Waals surface area contributed by atoms with E-state index in [1.165, 1.54) is 7.05 Å². The van der Waals surface area contributed by atoms with E-state index in [4.69, 9.17) is 36.4 Å². The molecular weight excluding hydrogens is 232 g/mol. The molecule has 9 heteroatoms. The molecule has 0 spiro atoms. The molecule has 0 aliphatic carbocycles. The Morgan fingerprint density at radius 3 is 1.20 bits per heavy atom. The molecule has 0 rings (SSSR count). The van der Waals surface area contributed by atoms with Crippen LogP contribution in [0.3, 0.4) is 0 Å². The topological polar surface area (TPSA) is 159 Å². The Hall–Kier alpha value is -0.0300. The summed E-state index contributed by atoms with van der Waals surface area (Å²) in [5.74, 6) is 0. The molecule has 0 saturated heterocycles. The van der Waals surface area contributed by atoms with Crippen molar-refractivity contribution in [3.63, 3.8) is 0 Å². The predicted molar refractivity (Wildman–Crippen MR) is 53.9 cm³/mol. The van der Waals surface area contributed by atoms with Gasteiger partial charge in [0.1, 0.15) is 0 Å². The first-order valence-electron chi connectivity index (χ1n) is 3.72. The average molecular weight is 251 g/mol. The molecule has 0 aromatic heterocycles. The minimum atomic E-state index is -2.71. The summed E-state index contributed by atoms with van der Waals surface area (Å²) in [5, 5.41) is 50.3. The van der Waals surface area contributed by atoms with Crippen molar-refractivity contribution >= 4 is 12.4 Å². The number of aliphatic hydroxyl groups excluding tert-OH is 3. The van der Waals surface area contributed by atoms with Gasteiger partial charge in [0.05, 0.1) is 25.4 Å². The van der Waals surface area contributed by atoms with Crippen molar-refractivity contribution in [3.8, 4) is 0 Å². The summed E-state index contributed by atoms with van der Waals surface area (Å²) in [4.78, 5) is 0. The molecule has 0 aromatic carbocycles. The number of rotatable bonds is 4. The summed E-state index contributed by atoms with van der Waals surface area (Å²) < 4.78 is 0. The zero-order valence-corrected chi connectivity index (χ0v) is 9.11. The van der Waals surface area contributed by atoms with Gasteiger partial charge >= 0.3 is 6.10 Å². The van der Waals surface area contributed by atoms with Gasteiger partial charge in [-0.25, -0.2) is 5.32 Å². The van der Waals surface area contributed by atoms with Gasteiger partial charge in [0.2, 0.25) is 0 Å². The zero-order chi connectivity index (χ0) is 11.8. The number of nitrogens with two attached hydrogens (primary N) is 1. The van der Waals surface area contributed by atoms with Crippen molar-refractivity contribution in [2.24, 2.45) is 5.73 Å². The highest BCUT2D eigenvalue weighted by molar-refractivity contribution is 5.85. The third kappa shape index (κ3) is 14.0. The second-order valence-corrected chi connectivity index (χ2v) is 2.72. The molecule has 0 aliphatic heterocycles. The van der Waals surface area contributed by atoms with Gasteiger partial charge in [-0.1, -0.05) is 0 Å². The largest absolute Gasteiger partial charge is 0.394 e. The monoisotopic (exact) mass is 250 g/mol. The molecule has 0 aromatic rings. The summed E-state index contributed by atoms with van der Waals surface area (Å²) in [6.07, 6.45) is -2.71. The molecule has 0 unspecified atom stereocenters. The average Bonchev–Trinajstić information content (AvgIpc) is 2.16. The summed E-state index contributed by atoms with van der Waals surface area (Å²) in [6.45, 7) is -1.21. The van der Waals surface area contributed by atoms with E-state index in [1.807, 2.05) is 0 Å². The summed E-state index contributed by atoms with van der Waals surface area (Å²) >= 11 is 0. The first-order chi connectivity index (χ1) is 6.24. The van der Waals surface area contributed by atoms with Crippen molar-refractivity contribution < 1.29 is 30.6 Å². The number of hydrogen-bond donors (Lipinski definition) is 8. The fourth-order valence-electron chi connectivity index (χ4n) is 0.150. The smallest absolute Gasteiger partial charge is 0.342 e. The first-order valence-corrected chi connectivity index (χ1v) is 3.72. The molecule has 0 amide bonds. The van der Waals surface area contributed by atoms with Crippen LogP contribution in [0, 0.1) is 0 Å². The Labute approximate surface area is 93.4 Å². The predicted octanol–water partition coefficient (Wildman–Crippen LogP) is -4.12. The van der Waals surface area contributed by atoms with Crippen LogP contribution in [0.25, 0.3) is 0 Å². The lowest BCUT2D eigenvalue weighted by Crippen LogP contribution is -2.50. The highest BCUT2D eigenvalue weighted by Gasteiger charge is 2.20. The molecule has 0 saturated carbocycles. The van der Waals surface area contributed by atoms with Crippen LogP contribution >= 0.6 is 12.4 Å². The van der Waals surface area contributed by atoms with E-state index in [0.29, 0.717) is 0 Å². The quantitative estimate of drug-likeness (QED) is 0.234. The van der Waals surface area contributed by atoms with Gasteiger partial charge in [-0.3, -0.25) is 0 Å². The van der Waals surface area contributed by atoms with Crippen molar-refractivity contribution in [2.45, 2.75) is 11.6 Å². The SMILES string of the molecule is CNC(O)(O)O.Cl.NC(CO)(CO)CO. The first kappa shape index (κ1) is 20.4. The zero-order valence-electron chi connectivity index (χ0n) is 8.29. The minimum Gasteiger partial charge on any atom is -0.394 e. The van der Waals surface area contributed by atoms with Crippen molar-refractivity contribution in [3.05, 3.63) is 0 Å². The second-order valence-electron chi connectivity index (χ2n) is 2.72. The van der Waals surface area contributed by atoms with Crippen LogP contribution in [0.5, 0.6) is 0 Å². The maximum atomic E-state index is 8.34. The van der Waals surface area contributed by atoms with E-state index in [1.54, 1.807) is 5.32 Å². The number of aliphatic hydroxyl groups is 6. The molecule has 96 valence electrons. The van der Waals surface area contributed by atoms with Gasteiger partial charge in [0.25, 0.3) is 0 Å². The van der Waals surface area contributed by atoms with Crippen molar-refractivity contribution in [2.75, 3.05) is 26.9 Å². The van der Waals surface area contributed by atoms with Gasteiger partial charge in [0.15, 0.2) is 0 Å². The number of hydrogen-bond acceptors (Lipinski definition) is 8. The maximum Gasteiger partial charge on any atom is 0.342 e. The van der Waals surface area contributed by atoms with E-state index in [9.17, 15) is 0 Å². The standard InChI is InChI=1S/C4H11NO3.C2H7NO3.ClH/c5-4(1-6,2-7)3-8;1-3-2(4,5)6;/h6-8H,1-3,5H2;3-6H,1H3;1H. The molecule has 0 fully saturated rings. The second kappa shape index (κ2) is 9.21. The lowest BCUT2D eigenvalue weighted by atomic mass is 10.1. The molecule has 0 bridgehead atoms. The van der Waals surface area contributed by atoms with Gasteiger partial charge in [-0.15, -0.1) is 12.4 Å². The Balaban J connectivity index is -0.000000187. The van der Waals surface area contributed by atoms with E-state index < -0.39 is 31.5 Å². The van der Waals surface area contributed by atoms with E-state index in [2.05, 4.69) is 0 Å². The Morgan fingerprint density at radius 2 is 1.20 bits per heavy atom. The molecule has 9 N–H and O–H groups in total. The summed E-state index contributed by atoms with van der Waals surface area (Å²) in [7, 11) is 1.21. The normalized spacial score (nSPS) is 11.2. The number of halogens is 1. The molecule has 0 aliphatic rings. The van der Waals surface area contributed by atoms with Crippen LogP contribution in [0.4, 0.5) is 0 Å². The highest BCUT2D eigenvalue weighted by atomic mass is 35.5. The van der Waals surface area contributed by atoms with E-state index >= 15 is 0 Å². The number of nitrogens with one attached hydrogen (secondary N) is 1. The van der Waals surface area contributed by atoms with Crippen LogP contribution in [-0.2, 0) is 0 Å². The third-order valence-corrected chi connectivity index (χ3v) is 1.28. The van der Waals surface area contributed by atoms with E-state index in [0.717, 1.165) is 0 Å². The van der Waals surface area contributed by atoms with Crippen LogP contribution in [0.15, 0.2) is 0 Å². The van der Waals surface area contributed by atoms with Crippen molar-refractivity contribution in [1.82, 2.24) is 5.32 Å². The van der Waals surface area contributed by atoms with Gasteiger partial charge in [0, 0.05) is 0 Å². The highest BCUT2D eigenvalue weighted by Crippen LogP contribution is 1.93. The summed E-state index contributed by atoms with van der Waals surface area (Å²) in [5.41, 5.74) is 3.94. The van der Waals surface area contributed by atoms with Gasteiger partial charge in [-0.05, 0) is 7.05 Å². The minimum absolute atomic E-state index is 0. The van der Waals surface area contributed by atoms with Crippen LogP contribution in [-0.4, -0.2) is 69.1 Å². The van der Waals surface area contributed by atoms with E-state index in [-0.39, 0.29) is 12.4 Å². The fourth-order valence-corrected chi connectivity index (χ4v) is 0.150. The molecule has 15 heavy (non-hydrogen) atoms. The fraction of sp³-hybridized carbons (Fsp3) is 1.00. The lowest BCUT2D eigenvalue weighted by Gasteiger charge is -2.20. The Bertz CT molecular complexity index is 130. The molecule has 0 atom stereocenters. The van der Waals surface area contributed by atoms with Crippen LogP contribution in [0.1, 0.15) is 0 Å². The molecule has 0 heterocycles. The van der Waals surface area contributed by atoms with Gasteiger partial charge < -0.3 is 36.4 Å². The molecular formula is C6H19ClN2O6. The Kier molecular flexibility index (Phi) is 12.5. The van der Waals surface area contributed by atoms with Crippen LogP contribution < -0.4 is 11.1 Å². The molecule has 8 nitrogen and oxygen atoms in total. The lowest BCUT2D eigenvalue weighted by molar-refractivity contribution is -0.328.